The van der Waals surface area contributed by atoms with Crippen LogP contribution < -0.4 is 18.9 Å². The first kappa shape index (κ1) is 39.3. The molecule has 3 aromatic carbocycles. The molecule has 50 heavy (non-hydrogen) atoms. The van der Waals surface area contributed by atoms with Gasteiger partial charge in [0, 0.05) is 49.3 Å². The molecule has 0 bridgehead atoms. The maximum Gasteiger partial charge on any atom is 0.151 e. The van der Waals surface area contributed by atoms with Gasteiger partial charge in [-0.2, -0.15) is 0 Å². The van der Waals surface area contributed by atoms with Crippen LogP contribution in [0.5, 0.6) is 23.0 Å². The number of rotatable bonds is 23. The predicted octanol–water partition coefficient (Wildman–Crippen LogP) is 9.40. The summed E-state index contributed by atoms with van der Waals surface area (Å²) >= 11 is 6.08. The summed E-state index contributed by atoms with van der Waals surface area (Å²) in [6.07, 6.45) is 3.80. The highest BCUT2D eigenvalue weighted by molar-refractivity contribution is 6.30. The number of likely N-dealkylation sites (N-methyl/N-ethyl adjacent to an activating group) is 1. The monoisotopic (exact) mass is 706 g/mol. The van der Waals surface area contributed by atoms with E-state index in [0.717, 1.165) is 122 Å². The Morgan fingerprint density at radius 3 is 2.08 bits per heavy atom. The van der Waals surface area contributed by atoms with Crippen molar-refractivity contribution in [3.05, 3.63) is 65.2 Å². The number of unbranched alkanes of at least 4 members (excludes halogenated alkanes) is 1. The SMILES string of the molecule is CCCCn1c(-c2ccc(OCCc3ccc(Cl)cc3)cc2OCCN(CC)CC)nc2c(OC(C)C)cc(OCCCN(CC)CC)cc21. The minimum atomic E-state index is -0.0105. The number of imidazole rings is 1. The molecule has 0 spiro atoms. The van der Waals surface area contributed by atoms with Crippen molar-refractivity contribution in [1.29, 1.82) is 0 Å². The molecule has 0 atom stereocenters. The summed E-state index contributed by atoms with van der Waals surface area (Å²) in [4.78, 5) is 10.1. The predicted molar refractivity (Wildman–Crippen MR) is 208 cm³/mol. The first-order valence-electron chi connectivity index (χ1n) is 18.7. The largest absolute Gasteiger partial charge is 0.493 e. The molecule has 0 saturated carbocycles. The number of nitrogens with zero attached hydrogens (tertiary/aromatic N) is 4. The number of benzene rings is 3. The molecule has 0 aliphatic heterocycles. The number of hydrogen-bond acceptors (Lipinski definition) is 7. The molecule has 4 rings (SSSR count). The lowest BCUT2D eigenvalue weighted by Crippen LogP contribution is -2.28. The first-order chi connectivity index (χ1) is 24.3. The van der Waals surface area contributed by atoms with Crippen LogP contribution in [0.4, 0.5) is 0 Å². The van der Waals surface area contributed by atoms with Crippen LogP contribution in [0.25, 0.3) is 22.4 Å². The second-order valence-corrected chi connectivity index (χ2v) is 13.3. The average Bonchev–Trinajstić information content (AvgIpc) is 3.48. The molecular formula is C41H59ClN4O4. The van der Waals surface area contributed by atoms with E-state index in [2.05, 4.69) is 61.1 Å². The van der Waals surface area contributed by atoms with E-state index in [9.17, 15) is 0 Å². The van der Waals surface area contributed by atoms with Gasteiger partial charge in [-0.15, -0.1) is 0 Å². The molecule has 4 aromatic rings. The Morgan fingerprint density at radius 2 is 1.40 bits per heavy atom. The number of aromatic nitrogens is 2. The van der Waals surface area contributed by atoms with Crippen molar-refractivity contribution < 1.29 is 18.9 Å². The molecule has 0 saturated heterocycles. The van der Waals surface area contributed by atoms with E-state index in [1.54, 1.807) is 0 Å². The molecule has 0 aliphatic rings. The number of ether oxygens (including phenoxy) is 4. The van der Waals surface area contributed by atoms with Crippen molar-refractivity contribution in [3.63, 3.8) is 0 Å². The minimum absolute atomic E-state index is 0.0105. The zero-order valence-electron chi connectivity index (χ0n) is 31.5. The van der Waals surface area contributed by atoms with E-state index in [4.69, 9.17) is 35.5 Å². The Kier molecular flexibility index (Phi) is 16.0. The van der Waals surface area contributed by atoms with E-state index in [0.29, 0.717) is 19.8 Å². The quantitative estimate of drug-likeness (QED) is 0.0713. The van der Waals surface area contributed by atoms with Crippen LogP contribution in [0.2, 0.25) is 5.02 Å². The zero-order valence-corrected chi connectivity index (χ0v) is 32.2. The van der Waals surface area contributed by atoms with Gasteiger partial charge in [0.05, 0.1) is 30.4 Å². The fourth-order valence-electron chi connectivity index (χ4n) is 6.02. The number of hydrogen-bond donors (Lipinski definition) is 0. The normalized spacial score (nSPS) is 11.7. The van der Waals surface area contributed by atoms with E-state index < -0.39 is 0 Å². The molecule has 8 nitrogen and oxygen atoms in total. The van der Waals surface area contributed by atoms with Crippen molar-refractivity contribution in [1.82, 2.24) is 19.4 Å². The summed E-state index contributed by atoms with van der Waals surface area (Å²) in [5.74, 6) is 3.91. The summed E-state index contributed by atoms with van der Waals surface area (Å²) in [5, 5.41) is 0.735. The molecule has 274 valence electrons. The van der Waals surface area contributed by atoms with Crippen LogP contribution in [-0.2, 0) is 13.0 Å². The Labute approximate surface area is 305 Å². The van der Waals surface area contributed by atoms with Gasteiger partial charge >= 0.3 is 0 Å². The lowest BCUT2D eigenvalue weighted by Gasteiger charge is -2.20. The van der Waals surface area contributed by atoms with Crippen LogP contribution in [0, 0.1) is 0 Å². The summed E-state index contributed by atoms with van der Waals surface area (Å²) < 4.78 is 27.9. The Morgan fingerprint density at radius 1 is 0.720 bits per heavy atom. The standard InChI is InChI=1S/C41H59ClN4O4/c1-8-13-23-46-37-28-35(47-25-14-22-44(9-2)10-3)30-39(50-31(6)7)40(37)43-41(46)36-20-19-34(29-38(36)49-27-24-45(11-4)12-5)48-26-21-32-15-17-33(42)18-16-32/h15-20,28-31H,8-14,21-27H2,1-7H3. The second kappa shape index (κ2) is 20.4. The van der Waals surface area contributed by atoms with Crippen molar-refractivity contribution in [2.75, 3.05) is 59.1 Å². The fourth-order valence-corrected chi connectivity index (χ4v) is 6.15. The molecule has 1 aromatic heterocycles. The third-order valence-corrected chi connectivity index (χ3v) is 9.25. The highest BCUT2D eigenvalue weighted by atomic mass is 35.5. The number of fused-ring (bicyclic) bond motifs is 1. The highest BCUT2D eigenvalue weighted by Gasteiger charge is 2.22. The smallest absolute Gasteiger partial charge is 0.151 e. The van der Waals surface area contributed by atoms with E-state index in [1.165, 1.54) is 5.56 Å². The van der Waals surface area contributed by atoms with Gasteiger partial charge in [0.25, 0.3) is 0 Å². The minimum Gasteiger partial charge on any atom is -0.493 e. The molecule has 1 heterocycles. The first-order valence-corrected chi connectivity index (χ1v) is 19.1. The summed E-state index contributed by atoms with van der Waals surface area (Å²) in [7, 11) is 0. The van der Waals surface area contributed by atoms with E-state index in [-0.39, 0.29) is 6.10 Å². The average molecular weight is 707 g/mol. The van der Waals surface area contributed by atoms with Gasteiger partial charge in [-0.25, -0.2) is 4.98 Å². The van der Waals surface area contributed by atoms with Crippen molar-refractivity contribution >= 4 is 22.6 Å². The topological polar surface area (TPSA) is 61.2 Å². The third kappa shape index (κ3) is 11.3. The van der Waals surface area contributed by atoms with E-state index >= 15 is 0 Å². The fraction of sp³-hybridized carbons (Fsp3) is 0.537. The van der Waals surface area contributed by atoms with Crippen LogP contribution >= 0.6 is 11.6 Å². The Balaban J connectivity index is 1.71. The lowest BCUT2D eigenvalue weighted by molar-refractivity contribution is 0.222. The molecule has 0 fully saturated rings. The molecular weight excluding hydrogens is 648 g/mol. The van der Waals surface area contributed by atoms with Gasteiger partial charge in [0.15, 0.2) is 5.75 Å². The summed E-state index contributed by atoms with van der Waals surface area (Å²) in [5.41, 5.74) is 3.94. The molecule has 0 amide bonds. The van der Waals surface area contributed by atoms with Crippen molar-refractivity contribution in [3.8, 4) is 34.4 Å². The van der Waals surface area contributed by atoms with Crippen LogP contribution in [-0.4, -0.2) is 84.5 Å². The highest BCUT2D eigenvalue weighted by Crippen LogP contribution is 2.39. The Hall–Kier alpha value is -3.46. The van der Waals surface area contributed by atoms with Gasteiger partial charge in [0.1, 0.15) is 35.2 Å². The van der Waals surface area contributed by atoms with Gasteiger partial charge in [-0.3, -0.25) is 0 Å². The van der Waals surface area contributed by atoms with Gasteiger partial charge in [-0.1, -0.05) is 64.8 Å². The van der Waals surface area contributed by atoms with Gasteiger partial charge in [-0.05, 0) is 82.7 Å². The van der Waals surface area contributed by atoms with Crippen LogP contribution in [0.1, 0.15) is 73.3 Å². The maximum absolute atomic E-state index is 6.57. The Bertz CT molecular complexity index is 1580. The van der Waals surface area contributed by atoms with Gasteiger partial charge < -0.3 is 33.3 Å². The van der Waals surface area contributed by atoms with E-state index in [1.807, 2.05) is 56.3 Å². The number of halogens is 1. The third-order valence-electron chi connectivity index (χ3n) is 9.00. The summed E-state index contributed by atoms with van der Waals surface area (Å²) in [6.45, 7) is 23.5. The molecule has 9 heteroatoms. The van der Waals surface area contributed by atoms with Crippen LogP contribution in [0.15, 0.2) is 54.6 Å². The molecule has 0 N–H and O–H groups in total. The summed E-state index contributed by atoms with van der Waals surface area (Å²) in [6, 6.07) is 18.2. The van der Waals surface area contributed by atoms with Crippen molar-refractivity contribution in [2.24, 2.45) is 0 Å². The molecule has 0 unspecified atom stereocenters. The van der Waals surface area contributed by atoms with Crippen molar-refractivity contribution in [2.45, 2.75) is 86.8 Å². The second-order valence-electron chi connectivity index (χ2n) is 12.9. The maximum atomic E-state index is 6.57. The lowest BCUT2D eigenvalue weighted by atomic mass is 10.1. The van der Waals surface area contributed by atoms with Gasteiger partial charge in [0.2, 0.25) is 0 Å². The molecule has 0 aliphatic carbocycles. The zero-order chi connectivity index (χ0) is 35.9. The number of aryl methyl sites for hydroxylation is 1. The van der Waals surface area contributed by atoms with Crippen LogP contribution in [0.3, 0.4) is 0 Å². The molecule has 0 radical (unpaired) electrons.